The number of carbonyl (C=O) groups excluding carboxylic acids is 1. The second-order valence-electron chi connectivity index (χ2n) is 4.52. The summed E-state index contributed by atoms with van der Waals surface area (Å²) in [4.78, 5) is 13.7. The summed E-state index contributed by atoms with van der Waals surface area (Å²) >= 11 is 0. The van der Waals surface area contributed by atoms with Crippen molar-refractivity contribution >= 4 is 5.91 Å². The van der Waals surface area contributed by atoms with E-state index in [-0.39, 0.29) is 11.9 Å². The molecule has 2 aliphatic rings. The minimum absolute atomic E-state index is 0.0544. The highest BCUT2D eigenvalue weighted by Crippen LogP contribution is 2.16. The molecule has 2 aliphatic heterocycles. The van der Waals surface area contributed by atoms with Crippen LogP contribution in [0, 0.1) is 0 Å². The number of carbonyl (C=O) groups is 1. The second-order valence-corrected chi connectivity index (χ2v) is 4.52. The van der Waals surface area contributed by atoms with E-state index in [2.05, 4.69) is 29.5 Å². The molecule has 0 aromatic carbocycles. The summed E-state index contributed by atoms with van der Waals surface area (Å²) in [6.07, 6.45) is 2.09. The van der Waals surface area contributed by atoms with Gasteiger partial charge in [-0.25, -0.2) is 0 Å². The molecule has 4 heteroatoms. The number of likely N-dealkylation sites (N-methyl/N-ethyl adjacent to an activating group) is 1. The lowest BCUT2D eigenvalue weighted by molar-refractivity contribution is -0.121. The van der Waals surface area contributed by atoms with Crippen molar-refractivity contribution < 1.29 is 4.79 Å². The highest BCUT2D eigenvalue weighted by atomic mass is 16.2. The van der Waals surface area contributed by atoms with Crippen LogP contribution in [0.3, 0.4) is 0 Å². The Bertz CT molecular complexity index is 221. The van der Waals surface area contributed by atoms with Gasteiger partial charge in [-0.1, -0.05) is 0 Å². The average molecular weight is 197 g/mol. The molecular weight excluding hydrogens is 178 g/mol. The second kappa shape index (κ2) is 3.87. The maximum atomic E-state index is 11.3. The summed E-state index contributed by atoms with van der Waals surface area (Å²) in [5, 5.41) is 6.29. The Morgan fingerprint density at radius 2 is 2.36 bits per heavy atom. The molecule has 2 fully saturated rings. The number of amides is 1. The number of nitrogens with zero attached hydrogens (tertiary/aromatic N) is 1. The van der Waals surface area contributed by atoms with Crippen molar-refractivity contribution in [3.63, 3.8) is 0 Å². The number of rotatable bonds is 2. The molecule has 0 bridgehead atoms. The maximum absolute atomic E-state index is 11.3. The lowest BCUT2D eigenvalue weighted by Crippen LogP contribution is -2.43. The van der Waals surface area contributed by atoms with Crippen molar-refractivity contribution in [2.75, 3.05) is 20.1 Å². The van der Waals surface area contributed by atoms with E-state index in [1.54, 1.807) is 0 Å². The van der Waals surface area contributed by atoms with Gasteiger partial charge in [-0.3, -0.25) is 4.79 Å². The summed E-state index contributed by atoms with van der Waals surface area (Å²) < 4.78 is 0. The average Bonchev–Trinajstić information content (AvgIpc) is 2.63. The molecule has 0 aromatic heterocycles. The Labute approximate surface area is 85.0 Å². The molecule has 1 amide bonds. The highest BCUT2D eigenvalue weighted by Gasteiger charge is 2.31. The van der Waals surface area contributed by atoms with Crippen LogP contribution in [0.15, 0.2) is 0 Å². The zero-order valence-electron chi connectivity index (χ0n) is 8.92. The van der Waals surface area contributed by atoms with Crippen molar-refractivity contribution in [2.45, 2.75) is 37.9 Å². The number of nitrogens with one attached hydrogen (secondary N) is 2. The lowest BCUT2D eigenvalue weighted by Gasteiger charge is -2.16. The monoisotopic (exact) mass is 197 g/mol. The van der Waals surface area contributed by atoms with Crippen LogP contribution in [-0.2, 0) is 4.79 Å². The van der Waals surface area contributed by atoms with Crippen molar-refractivity contribution in [1.82, 2.24) is 15.5 Å². The van der Waals surface area contributed by atoms with E-state index in [1.165, 1.54) is 0 Å². The summed E-state index contributed by atoms with van der Waals surface area (Å²) in [6, 6.07) is 1.18. The van der Waals surface area contributed by atoms with E-state index >= 15 is 0 Å². The van der Waals surface area contributed by atoms with Gasteiger partial charge in [0.2, 0.25) is 5.91 Å². The molecular formula is C10H19N3O. The van der Waals surface area contributed by atoms with Crippen LogP contribution in [0.4, 0.5) is 0 Å². The number of hydrogen-bond acceptors (Lipinski definition) is 3. The van der Waals surface area contributed by atoms with Crippen LogP contribution in [0.1, 0.15) is 19.8 Å². The normalized spacial score (nSPS) is 39.0. The molecule has 3 unspecified atom stereocenters. The first kappa shape index (κ1) is 9.93. The predicted octanol–water partition coefficient (Wildman–Crippen LogP) is -0.443. The summed E-state index contributed by atoms with van der Waals surface area (Å²) in [5.74, 6) is 0.173. The molecule has 0 spiro atoms. The van der Waals surface area contributed by atoms with E-state index in [0.717, 1.165) is 25.9 Å². The van der Waals surface area contributed by atoms with E-state index in [1.807, 2.05) is 0 Å². The van der Waals surface area contributed by atoms with Crippen molar-refractivity contribution in [3.8, 4) is 0 Å². The van der Waals surface area contributed by atoms with Gasteiger partial charge in [-0.15, -0.1) is 0 Å². The minimum Gasteiger partial charge on any atom is -0.355 e. The van der Waals surface area contributed by atoms with Crippen LogP contribution >= 0.6 is 0 Å². The molecule has 4 nitrogen and oxygen atoms in total. The topological polar surface area (TPSA) is 44.4 Å². The molecule has 2 heterocycles. The minimum atomic E-state index is 0.0544. The zero-order valence-corrected chi connectivity index (χ0v) is 8.92. The molecule has 0 aromatic rings. The Balaban J connectivity index is 1.84. The molecule has 2 N–H and O–H groups in total. The third-order valence-electron chi connectivity index (χ3n) is 3.37. The fourth-order valence-electron chi connectivity index (χ4n) is 2.35. The largest absolute Gasteiger partial charge is 0.355 e. The van der Waals surface area contributed by atoms with E-state index < -0.39 is 0 Å². The van der Waals surface area contributed by atoms with Gasteiger partial charge in [0.25, 0.3) is 0 Å². The number of hydrogen-bond donors (Lipinski definition) is 2. The van der Waals surface area contributed by atoms with Crippen molar-refractivity contribution in [3.05, 3.63) is 0 Å². The van der Waals surface area contributed by atoms with E-state index in [0.29, 0.717) is 12.1 Å². The van der Waals surface area contributed by atoms with Crippen LogP contribution < -0.4 is 10.6 Å². The summed E-state index contributed by atoms with van der Waals surface area (Å²) in [7, 11) is 2.14. The van der Waals surface area contributed by atoms with Crippen molar-refractivity contribution in [2.24, 2.45) is 0 Å². The van der Waals surface area contributed by atoms with Crippen molar-refractivity contribution in [1.29, 1.82) is 0 Å². The Kier molecular flexibility index (Phi) is 2.74. The Morgan fingerprint density at radius 3 is 2.86 bits per heavy atom. The quantitative estimate of drug-likeness (QED) is 0.630. The van der Waals surface area contributed by atoms with Gasteiger partial charge in [0, 0.05) is 25.2 Å². The smallest absolute Gasteiger partial charge is 0.237 e. The third kappa shape index (κ3) is 1.91. The Morgan fingerprint density at radius 1 is 1.57 bits per heavy atom. The number of likely N-dealkylation sites (tertiary alicyclic amines) is 1. The van der Waals surface area contributed by atoms with Crippen LogP contribution in [0.25, 0.3) is 0 Å². The van der Waals surface area contributed by atoms with Gasteiger partial charge in [-0.2, -0.15) is 0 Å². The molecule has 2 saturated heterocycles. The van der Waals surface area contributed by atoms with Crippen LogP contribution in [0.2, 0.25) is 0 Å². The molecule has 2 rings (SSSR count). The van der Waals surface area contributed by atoms with E-state index in [4.69, 9.17) is 0 Å². The molecule has 3 atom stereocenters. The molecule has 14 heavy (non-hydrogen) atoms. The maximum Gasteiger partial charge on any atom is 0.237 e. The van der Waals surface area contributed by atoms with Crippen LogP contribution in [0.5, 0.6) is 0 Å². The first-order valence-electron chi connectivity index (χ1n) is 5.41. The van der Waals surface area contributed by atoms with Gasteiger partial charge in [0.05, 0.1) is 6.04 Å². The van der Waals surface area contributed by atoms with Gasteiger partial charge in [0.1, 0.15) is 0 Å². The van der Waals surface area contributed by atoms with Gasteiger partial charge in [-0.05, 0) is 26.8 Å². The third-order valence-corrected chi connectivity index (χ3v) is 3.37. The first-order chi connectivity index (χ1) is 6.66. The SMILES string of the molecule is CC1CC(NC2CCNC2=O)CN1C. The zero-order chi connectivity index (χ0) is 10.1. The lowest BCUT2D eigenvalue weighted by atomic mass is 10.1. The fraction of sp³-hybridized carbons (Fsp3) is 0.900. The fourth-order valence-corrected chi connectivity index (χ4v) is 2.35. The standard InChI is InChI=1S/C10H19N3O/c1-7-5-8(6-13(7)2)12-9-3-4-11-10(9)14/h7-9,12H,3-6H2,1-2H3,(H,11,14). The Hall–Kier alpha value is -0.610. The predicted molar refractivity (Wildman–Crippen MR) is 55.0 cm³/mol. The molecule has 0 saturated carbocycles. The van der Waals surface area contributed by atoms with Crippen LogP contribution in [-0.4, -0.2) is 49.1 Å². The van der Waals surface area contributed by atoms with Gasteiger partial charge >= 0.3 is 0 Å². The summed E-state index contributed by atoms with van der Waals surface area (Å²) in [6.45, 7) is 4.12. The van der Waals surface area contributed by atoms with E-state index in [9.17, 15) is 4.79 Å². The highest BCUT2D eigenvalue weighted by molar-refractivity contribution is 5.83. The molecule has 0 aliphatic carbocycles. The van der Waals surface area contributed by atoms with Gasteiger partial charge < -0.3 is 15.5 Å². The molecule has 80 valence electrons. The summed E-state index contributed by atoms with van der Waals surface area (Å²) in [5.41, 5.74) is 0. The first-order valence-corrected chi connectivity index (χ1v) is 5.41. The molecule has 0 radical (unpaired) electrons. The van der Waals surface area contributed by atoms with Gasteiger partial charge in [0.15, 0.2) is 0 Å².